The molecule has 1 aromatic carbocycles. The minimum absolute atomic E-state index is 0.293. The highest BCUT2D eigenvalue weighted by Crippen LogP contribution is 2.26. The molecule has 1 heterocycles. The minimum Gasteiger partial charge on any atom is -0.495 e. The van der Waals surface area contributed by atoms with Crippen LogP contribution in [-0.2, 0) is 6.54 Å². The Morgan fingerprint density at radius 3 is 2.76 bits per heavy atom. The molecule has 3 N–H and O–H groups in total. The van der Waals surface area contributed by atoms with Crippen molar-refractivity contribution in [3.05, 3.63) is 35.2 Å². The minimum atomic E-state index is -0.293. The largest absolute Gasteiger partial charge is 0.495 e. The fraction of sp³-hybridized carbons (Fsp3) is 0.333. The molecule has 0 fully saturated rings. The maximum atomic E-state index is 12.5. The number of anilines is 2. The third-order valence-corrected chi connectivity index (χ3v) is 3.29. The van der Waals surface area contributed by atoms with Crippen molar-refractivity contribution in [2.75, 3.05) is 18.2 Å². The number of benzene rings is 1. The second kappa shape index (κ2) is 5.87. The molecule has 0 unspecified atom stereocenters. The van der Waals surface area contributed by atoms with Crippen molar-refractivity contribution in [3.63, 3.8) is 0 Å². The van der Waals surface area contributed by atoms with Gasteiger partial charge in [0, 0.05) is 6.54 Å². The highest BCUT2D eigenvalue weighted by molar-refractivity contribution is 6.07. The van der Waals surface area contributed by atoms with Gasteiger partial charge in [-0.1, -0.05) is 6.07 Å². The van der Waals surface area contributed by atoms with Crippen LogP contribution >= 0.6 is 0 Å². The number of aryl methyl sites for hydroxylation is 3. The van der Waals surface area contributed by atoms with Crippen LogP contribution in [0.15, 0.2) is 18.2 Å². The molecule has 0 saturated heterocycles. The van der Waals surface area contributed by atoms with Gasteiger partial charge < -0.3 is 15.8 Å². The van der Waals surface area contributed by atoms with E-state index in [1.807, 2.05) is 32.0 Å². The lowest BCUT2D eigenvalue weighted by molar-refractivity contribution is 0.101. The third kappa shape index (κ3) is 2.84. The molecule has 2 rings (SSSR count). The number of nitrogen functional groups attached to an aromatic ring is 1. The van der Waals surface area contributed by atoms with Crippen LogP contribution in [0.3, 0.4) is 0 Å². The second-order valence-corrected chi connectivity index (χ2v) is 4.82. The van der Waals surface area contributed by atoms with Crippen LogP contribution in [0.2, 0.25) is 0 Å². The second-order valence-electron chi connectivity index (χ2n) is 4.82. The van der Waals surface area contributed by atoms with Gasteiger partial charge in [-0.15, -0.1) is 0 Å². The van der Waals surface area contributed by atoms with Crippen molar-refractivity contribution in [1.29, 1.82) is 0 Å². The molecule has 1 aromatic heterocycles. The Hall–Kier alpha value is -2.50. The van der Waals surface area contributed by atoms with Gasteiger partial charge >= 0.3 is 0 Å². The lowest BCUT2D eigenvalue weighted by Gasteiger charge is -2.12. The quantitative estimate of drug-likeness (QED) is 0.904. The number of ether oxygens (including phenoxy) is 1. The number of amides is 1. The SMILES string of the molecule is CCn1nc(C)c(N)c1C(=O)Nc1cc(C)ccc1OC. The fourth-order valence-corrected chi connectivity index (χ4v) is 2.16. The normalized spacial score (nSPS) is 10.5. The molecule has 0 atom stereocenters. The Labute approximate surface area is 123 Å². The molecular weight excluding hydrogens is 268 g/mol. The zero-order chi connectivity index (χ0) is 15.6. The van der Waals surface area contributed by atoms with E-state index in [-0.39, 0.29) is 5.91 Å². The summed E-state index contributed by atoms with van der Waals surface area (Å²) >= 11 is 0. The summed E-state index contributed by atoms with van der Waals surface area (Å²) in [7, 11) is 1.56. The molecule has 112 valence electrons. The van der Waals surface area contributed by atoms with Crippen LogP contribution in [0.25, 0.3) is 0 Å². The number of hydrogen-bond acceptors (Lipinski definition) is 4. The number of rotatable bonds is 4. The van der Waals surface area contributed by atoms with E-state index in [0.29, 0.717) is 35.1 Å². The van der Waals surface area contributed by atoms with Crippen LogP contribution < -0.4 is 15.8 Å². The average Bonchev–Trinajstić information content (AvgIpc) is 2.74. The summed E-state index contributed by atoms with van der Waals surface area (Å²) in [5, 5.41) is 7.09. The number of hydrogen-bond donors (Lipinski definition) is 2. The van der Waals surface area contributed by atoms with Crippen molar-refractivity contribution in [2.24, 2.45) is 0 Å². The molecule has 6 heteroatoms. The first-order valence-corrected chi connectivity index (χ1v) is 6.76. The maximum Gasteiger partial charge on any atom is 0.276 e. The number of aromatic nitrogens is 2. The Morgan fingerprint density at radius 2 is 2.14 bits per heavy atom. The van der Waals surface area contributed by atoms with Gasteiger partial charge in [-0.25, -0.2) is 0 Å². The average molecular weight is 288 g/mol. The fourth-order valence-electron chi connectivity index (χ4n) is 2.16. The highest BCUT2D eigenvalue weighted by atomic mass is 16.5. The van der Waals surface area contributed by atoms with Crippen molar-refractivity contribution in [3.8, 4) is 5.75 Å². The molecular formula is C15H20N4O2. The predicted octanol–water partition coefficient (Wildman–Crippen LogP) is 2.36. The first-order chi connectivity index (χ1) is 9.97. The first-order valence-electron chi connectivity index (χ1n) is 6.76. The monoisotopic (exact) mass is 288 g/mol. The molecule has 0 bridgehead atoms. The molecule has 0 aliphatic carbocycles. The third-order valence-electron chi connectivity index (χ3n) is 3.29. The van der Waals surface area contributed by atoms with E-state index in [1.165, 1.54) is 0 Å². The Balaban J connectivity index is 2.37. The van der Waals surface area contributed by atoms with Crippen LogP contribution in [0, 0.1) is 13.8 Å². The predicted molar refractivity (Wildman–Crippen MR) is 82.7 cm³/mol. The zero-order valence-corrected chi connectivity index (χ0v) is 12.7. The van der Waals surface area contributed by atoms with E-state index >= 15 is 0 Å². The zero-order valence-electron chi connectivity index (χ0n) is 12.7. The number of nitrogens with two attached hydrogens (primary N) is 1. The number of nitrogens with one attached hydrogen (secondary N) is 1. The summed E-state index contributed by atoms with van der Waals surface area (Å²) in [6.07, 6.45) is 0. The van der Waals surface area contributed by atoms with Gasteiger partial charge in [0.25, 0.3) is 5.91 Å². The van der Waals surface area contributed by atoms with E-state index in [9.17, 15) is 4.79 Å². The first kappa shape index (κ1) is 14.9. The van der Waals surface area contributed by atoms with Gasteiger partial charge in [-0.3, -0.25) is 9.48 Å². The topological polar surface area (TPSA) is 82.2 Å². The van der Waals surface area contributed by atoms with Gasteiger partial charge in [0.05, 0.1) is 24.2 Å². The lowest BCUT2D eigenvalue weighted by atomic mass is 10.2. The van der Waals surface area contributed by atoms with Crippen LogP contribution in [0.5, 0.6) is 5.75 Å². The number of methoxy groups -OCH3 is 1. The van der Waals surface area contributed by atoms with Gasteiger partial charge in [-0.05, 0) is 38.5 Å². The van der Waals surface area contributed by atoms with E-state index < -0.39 is 0 Å². The van der Waals surface area contributed by atoms with Crippen LogP contribution in [0.1, 0.15) is 28.7 Å². The van der Waals surface area contributed by atoms with E-state index in [1.54, 1.807) is 18.7 Å². The van der Waals surface area contributed by atoms with Gasteiger partial charge in [0.15, 0.2) is 0 Å². The molecule has 0 aliphatic heterocycles. The van der Waals surface area contributed by atoms with Crippen molar-refractivity contribution in [1.82, 2.24) is 9.78 Å². The molecule has 2 aromatic rings. The molecule has 0 radical (unpaired) electrons. The summed E-state index contributed by atoms with van der Waals surface area (Å²) < 4.78 is 6.86. The number of nitrogens with zero attached hydrogens (tertiary/aromatic N) is 2. The molecule has 0 spiro atoms. The van der Waals surface area contributed by atoms with E-state index in [2.05, 4.69) is 10.4 Å². The van der Waals surface area contributed by atoms with Crippen molar-refractivity contribution >= 4 is 17.3 Å². The van der Waals surface area contributed by atoms with Gasteiger partial charge in [0.1, 0.15) is 11.4 Å². The standard InChI is InChI=1S/C15H20N4O2/c1-5-19-14(13(16)10(3)18-19)15(20)17-11-8-9(2)6-7-12(11)21-4/h6-8H,5,16H2,1-4H3,(H,17,20). The smallest absolute Gasteiger partial charge is 0.276 e. The van der Waals surface area contributed by atoms with Crippen molar-refractivity contribution in [2.45, 2.75) is 27.3 Å². The highest BCUT2D eigenvalue weighted by Gasteiger charge is 2.20. The summed E-state index contributed by atoms with van der Waals surface area (Å²) in [5.41, 5.74) is 9.03. The Morgan fingerprint density at radius 1 is 1.43 bits per heavy atom. The Kier molecular flexibility index (Phi) is 4.16. The van der Waals surface area contributed by atoms with Crippen LogP contribution in [-0.4, -0.2) is 22.8 Å². The lowest BCUT2D eigenvalue weighted by Crippen LogP contribution is -2.19. The molecule has 0 saturated carbocycles. The molecule has 21 heavy (non-hydrogen) atoms. The van der Waals surface area contributed by atoms with Crippen molar-refractivity contribution < 1.29 is 9.53 Å². The van der Waals surface area contributed by atoms with Gasteiger partial charge in [0.2, 0.25) is 0 Å². The van der Waals surface area contributed by atoms with Crippen LogP contribution in [0.4, 0.5) is 11.4 Å². The van der Waals surface area contributed by atoms with Gasteiger partial charge in [-0.2, -0.15) is 5.10 Å². The molecule has 0 aliphatic rings. The summed E-state index contributed by atoms with van der Waals surface area (Å²) in [4.78, 5) is 12.5. The maximum absolute atomic E-state index is 12.5. The Bertz CT molecular complexity index is 677. The summed E-state index contributed by atoms with van der Waals surface area (Å²) in [5.74, 6) is 0.311. The number of carbonyl (C=O) groups is 1. The van der Waals surface area contributed by atoms with E-state index in [4.69, 9.17) is 10.5 Å². The van der Waals surface area contributed by atoms with E-state index in [0.717, 1.165) is 5.56 Å². The molecule has 6 nitrogen and oxygen atoms in total. The molecule has 1 amide bonds. The number of carbonyl (C=O) groups excluding carboxylic acids is 1. The summed E-state index contributed by atoms with van der Waals surface area (Å²) in [6, 6.07) is 5.59. The summed E-state index contributed by atoms with van der Waals surface area (Å²) in [6.45, 7) is 6.22.